The third-order valence-corrected chi connectivity index (χ3v) is 2.82. The van der Waals surface area contributed by atoms with Gasteiger partial charge in [0, 0.05) is 13.1 Å². The third kappa shape index (κ3) is 2.71. The van der Waals surface area contributed by atoms with Gasteiger partial charge in [-0.25, -0.2) is 9.78 Å². The topological polar surface area (TPSA) is 73.9 Å². The SMILES string of the molecule is CC1CCCN(C(=O)NCc2ncn[nH]2)C1. The number of nitrogens with one attached hydrogen (secondary N) is 2. The monoisotopic (exact) mass is 223 g/mol. The maximum absolute atomic E-state index is 11.8. The van der Waals surface area contributed by atoms with E-state index in [0.717, 1.165) is 19.5 Å². The van der Waals surface area contributed by atoms with Crippen molar-refractivity contribution in [2.24, 2.45) is 5.92 Å². The van der Waals surface area contributed by atoms with Gasteiger partial charge in [-0.3, -0.25) is 5.10 Å². The lowest BCUT2D eigenvalue weighted by Gasteiger charge is -2.30. The number of H-pyrrole nitrogens is 1. The van der Waals surface area contributed by atoms with E-state index in [0.29, 0.717) is 18.3 Å². The molecule has 1 unspecified atom stereocenters. The Kier molecular flexibility index (Phi) is 3.38. The van der Waals surface area contributed by atoms with Crippen LogP contribution in [0, 0.1) is 5.92 Å². The molecule has 0 saturated carbocycles. The Morgan fingerprint density at radius 2 is 2.62 bits per heavy atom. The van der Waals surface area contributed by atoms with Gasteiger partial charge in [-0.05, 0) is 18.8 Å². The Balaban J connectivity index is 1.79. The molecule has 1 aliphatic rings. The third-order valence-electron chi connectivity index (χ3n) is 2.82. The van der Waals surface area contributed by atoms with E-state index in [9.17, 15) is 4.79 Å². The Morgan fingerprint density at radius 1 is 1.75 bits per heavy atom. The molecule has 16 heavy (non-hydrogen) atoms. The zero-order chi connectivity index (χ0) is 11.4. The van der Waals surface area contributed by atoms with Gasteiger partial charge in [0.25, 0.3) is 0 Å². The lowest BCUT2D eigenvalue weighted by Crippen LogP contribution is -2.44. The van der Waals surface area contributed by atoms with Gasteiger partial charge >= 0.3 is 6.03 Å². The van der Waals surface area contributed by atoms with Gasteiger partial charge in [0.15, 0.2) is 0 Å². The van der Waals surface area contributed by atoms with E-state index < -0.39 is 0 Å². The zero-order valence-electron chi connectivity index (χ0n) is 9.44. The van der Waals surface area contributed by atoms with E-state index in [-0.39, 0.29) is 6.03 Å². The molecule has 1 aliphatic heterocycles. The highest BCUT2D eigenvalue weighted by Gasteiger charge is 2.20. The lowest BCUT2D eigenvalue weighted by atomic mass is 10.0. The predicted molar refractivity (Wildman–Crippen MR) is 58.6 cm³/mol. The molecule has 88 valence electrons. The number of carbonyl (C=O) groups is 1. The van der Waals surface area contributed by atoms with Crippen LogP contribution in [0.1, 0.15) is 25.6 Å². The molecule has 2 heterocycles. The number of likely N-dealkylation sites (tertiary alicyclic amines) is 1. The number of nitrogens with zero attached hydrogens (tertiary/aromatic N) is 3. The molecule has 6 heteroatoms. The van der Waals surface area contributed by atoms with Gasteiger partial charge in [0.05, 0.1) is 6.54 Å². The summed E-state index contributed by atoms with van der Waals surface area (Å²) in [5.41, 5.74) is 0. The molecular formula is C10H17N5O. The average molecular weight is 223 g/mol. The van der Waals surface area contributed by atoms with Gasteiger partial charge in [-0.15, -0.1) is 0 Å². The Hall–Kier alpha value is -1.59. The molecule has 1 fully saturated rings. The van der Waals surface area contributed by atoms with Gasteiger partial charge in [0.1, 0.15) is 12.2 Å². The smallest absolute Gasteiger partial charge is 0.317 e. The maximum Gasteiger partial charge on any atom is 0.317 e. The lowest BCUT2D eigenvalue weighted by molar-refractivity contribution is 0.169. The number of urea groups is 1. The molecular weight excluding hydrogens is 206 g/mol. The van der Waals surface area contributed by atoms with Crippen LogP contribution in [0.5, 0.6) is 0 Å². The van der Waals surface area contributed by atoms with Crippen LogP contribution in [0.15, 0.2) is 6.33 Å². The molecule has 0 radical (unpaired) electrons. The normalized spacial score (nSPS) is 20.8. The number of hydrogen-bond acceptors (Lipinski definition) is 3. The van der Waals surface area contributed by atoms with E-state index in [2.05, 4.69) is 27.4 Å². The molecule has 0 spiro atoms. The standard InChI is InChI=1S/C10H17N5O/c1-8-3-2-4-15(6-8)10(16)11-5-9-12-7-13-14-9/h7-8H,2-6H2,1H3,(H,11,16)(H,12,13,14). The average Bonchev–Trinajstić information content (AvgIpc) is 2.78. The largest absolute Gasteiger partial charge is 0.331 e. The first-order valence-corrected chi connectivity index (χ1v) is 5.62. The van der Waals surface area contributed by atoms with E-state index in [1.165, 1.54) is 12.7 Å². The Labute approximate surface area is 94.4 Å². The van der Waals surface area contributed by atoms with Crippen LogP contribution in [0.25, 0.3) is 0 Å². The fraction of sp³-hybridized carbons (Fsp3) is 0.700. The second-order valence-corrected chi connectivity index (χ2v) is 4.28. The van der Waals surface area contributed by atoms with Gasteiger partial charge in [-0.2, -0.15) is 5.10 Å². The summed E-state index contributed by atoms with van der Waals surface area (Å²) in [6, 6.07) is -0.0112. The summed E-state index contributed by atoms with van der Waals surface area (Å²) in [6.07, 6.45) is 3.74. The first-order chi connectivity index (χ1) is 7.75. The summed E-state index contributed by atoms with van der Waals surface area (Å²) < 4.78 is 0. The van der Waals surface area contributed by atoms with Gasteiger partial charge < -0.3 is 10.2 Å². The first-order valence-electron chi connectivity index (χ1n) is 5.62. The van der Waals surface area contributed by atoms with E-state index >= 15 is 0 Å². The van der Waals surface area contributed by atoms with E-state index in [4.69, 9.17) is 0 Å². The predicted octanol–water partition coefficient (Wildman–Crippen LogP) is 0.746. The van der Waals surface area contributed by atoms with Crippen molar-refractivity contribution in [2.45, 2.75) is 26.3 Å². The fourth-order valence-electron chi connectivity index (χ4n) is 1.96. The fourth-order valence-corrected chi connectivity index (χ4v) is 1.96. The van der Waals surface area contributed by atoms with Crippen molar-refractivity contribution in [1.82, 2.24) is 25.4 Å². The van der Waals surface area contributed by atoms with Crippen LogP contribution in [-0.4, -0.2) is 39.2 Å². The Bertz CT molecular complexity index is 337. The summed E-state index contributed by atoms with van der Waals surface area (Å²) in [4.78, 5) is 17.6. The number of amides is 2. The van der Waals surface area contributed by atoms with Crippen molar-refractivity contribution in [3.63, 3.8) is 0 Å². The highest BCUT2D eigenvalue weighted by atomic mass is 16.2. The van der Waals surface area contributed by atoms with Crippen LogP contribution in [-0.2, 0) is 6.54 Å². The summed E-state index contributed by atoms with van der Waals surface area (Å²) in [7, 11) is 0. The number of rotatable bonds is 2. The van der Waals surface area contributed by atoms with Crippen molar-refractivity contribution < 1.29 is 4.79 Å². The molecule has 2 N–H and O–H groups in total. The number of aromatic amines is 1. The molecule has 0 bridgehead atoms. The molecule has 6 nitrogen and oxygen atoms in total. The molecule has 2 rings (SSSR count). The number of piperidine rings is 1. The Morgan fingerprint density at radius 3 is 3.31 bits per heavy atom. The summed E-state index contributed by atoms with van der Waals surface area (Å²) in [5.74, 6) is 1.28. The minimum absolute atomic E-state index is 0.0112. The van der Waals surface area contributed by atoms with Crippen molar-refractivity contribution in [3.8, 4) is 0 Å². The summed E-state index contributed by atoms with van der Waals surface area (Å²) in [5, 5.41) is 9.26. The van der Waals surface area contributed by atoms with Crippen molar-refractivity contribution >= 4 is 6.03 Å². The molecule has 1 aromatic rings. The minimum atomic E-state index is -0.0112. The molecule has 2 amide bonds. The van der Waals surface area contributed by atoms with Crippen LogP contribution in [0.3, 0.4) is 0 Å². The van der Waals surface area contributed by atoms with Crippen molar-refractivity contribution in [2.75, 3.05) is 13.1 Å². The van der Waals surface area contributed by atoms with Crippen LogP contribution in [0.2, 0.25) is 0 Å². The van der Waals surface area contributed by atoms with E-state index in [1.807, 2.05) is 4.90 Å². The van der Waals surface area contributed by atoms with Crippen molar-refractivity contribution in [3.05, 3.63) is 12.2 Å². The van der Waals surface area contributed by atoms with Crippen LogP contribution < -0.4 is 5.32 Å². The second-order valence-electron chi connectivity index (χ2n) is 4.28. The summed E-state index contributed by atoms with van der Waals surface area (Å²) >= 11 is 0. The highest BCUT2D eigenvalue weighted by Crippen LogP contribution is 2.15. The minimum Gasteiger partial charge on any atom is -0.331 e. The zero-order valence-corrected chi connectivity index (χ0v) is 9.44. The maximum atomic E-state index is 11.8. The quantitative estimate of drug-likeness (QED) is 0.776. The number of carbonyl (C=O) groups excluding carboxylic acids is 1. The van der Waals surface area contributed by atoms with Gasteiger partial charge in [0.2, 0.25) is 0 Å². The molecule has 1 atom stereocenters. The first kappa shape index (κ1) is 10.9. The highest BCUT2D eigenvalue weighted by molar-refractivity contribution is 5.74. The van der Waals surface area contributed by atoms with Crippen LogP contribution >= 0.6 is 0 Å². The summed E-state index contributed by atoms with van der Waals surface area (Å²) in [6.45, 7) is 4.29. The van der Waals surface area contributed by atoms with Crippen molar-refractivity contribution in [1.29, 1.82) is 0 Å². The second kappa shape index (κ2) is 4.96. The molecule has 0 aliphatic carbocycles. The van der Waals surface area contributed by atoms with E-state index in [1.54, 1.807) is 0 Å². The van der Waals surface area contributed by atoms with Gasteiger partial charge in [-0.1, -0.05) is 6.92 Å². The number of aromatic nitrogens is 3. The molecule has 1 saturated heterocycles. The number of hydrogen-bond donors (Lipinski definition) is 2. The van der Waals surface area contributed by atoms with Crippen LogP contribution in [0.4, 0.5) is 4.79 Å². The molecule has 0 aromatic carbocycles. The molecule has 1 aromatic heterocycles.